The average Bonchev–Trinajstić information content (AvgIpc) is 3.64. The third-order valence-electron chi connectivity index (χ3n) is 9.52. The fraction of sp³-hybridized carbons (Fsp3) is 0.0909. The minimum absolute atomic E-state index is 0. The molecule has 0 saturated carbocycles. The zero-order valence-electron chi connectivity index (χ0n) is 27.3. The van der Waals surface area contributed by atoms with Crippen LogP contribution < -0.4 is 0 Å². The first-order valence-electron chi connectivity index (χ1n) is 16.3. The Balaban J connectivity index is 0.00000348. The van der Waals surface area contributed by atoms with Crippen molar-refractivity contribution in [3.8, 4) is 50.6 Å². The van der Waals surface area contributed by atoms with Crippen molar-refractivity contribution < 1.29 is 26.2 Å². The zero-order chi connectivity index (χ0) is 32.6. The van der Waals surface area contributed by atoms with Crippen LogP contribution in [0.25, 0.3) is 83.0 Å². The summed E-state index contributed by atoms with van der Waals surface area (Å²) >= 11 is 0. The number of aromatic hydroxyl groups is 1. The van der Waals surface area contributed by atoms with Gasteiger partial charge in [0.25, 0.3) is 0 Å². The van der Waals surface area contributed by atoms with Gasteiger partial charge in [-0.2, -0.15) is 0 Å². The maximum absolute atomic E-state index is 12.0. The molecular formula is C44H32N3OPt-. The summed E-state index contributed by atoms with van der Waals surface area (Å²) in [6.45, 7) is 6.66. The van der Waals surface area contributed by atoms with Gasteiger partial charge in [-0.1, -0.05) is 117 Å². The number of phenols is 1. The Bertz CT molecular complexity index is 2670. The third-order valence-corrected chi connectivity index (χ3v) is 9.52. The number of aromatic nitrogens is 3. The molecule has 0 bridgehead atoms. The first kappa shape index (κ1) is 31.0. The summed E-state index contributed by atoms with van der Waals surface area (Å²) in [4.78, 5) is 9.97. The molecule has 0 aliphatic heterocycles. The molecule has 0 atom stereocenters. The van der Waals surface area contributed by atoms with E-state index in [1.807, 2.05) is 42.6 Å². The molecular weight excluding hydrogens is 782 g/mol. The second-order valence-corrected chi connectivity index (χ2v) is 13.6. The van der Waals surface area contributed by atoms with E-state index < -0.39 is 0 Å². The number of rotatable bonds is 4. The summed E-state index contributed by atoms with van der Waals surface area (Å²) in [5, 5.41) is 16.1. The standard InChI is InChI=1S/C44H32N3O.Pt/c1-44(2,3)31-23-29(22-30(24-31)38-25-28(20-21-45-38)27-12-5-4-6-13-27)36-16-11-17-37(46-36)35-26-34-32-14-7-9-18-39(32)47-40-19-10-8-15-33(40)41(42(34)47)43(35)48;/h4-21,23-26,48H,1-3H3;/q-1;. The molecule has 4 aromatic heterocycles. The number of phenolic OH excluding ortho intramolecular Hbond substituents is 1. The van der Waals surface area contributed by atoms with Crippen molar-refractivity contribution in [2.75, 3.05) is 0 Å². The number of nitrogens with zero attached hydrogens (tertiary/aromatic N) is 3. The molecule has 9 aromatic rings. The Morgan fingerprint density at radius 2 is 1.27 bits per heavy atom. The molecule has 5 aromatic carbocycles. The monoisotopic (exact) mass is 813 g/mol. The van der Waals surface area contributed by atoms with Gasteiger partial charge in [0.15, 0.2) is 0 Å². The van der Waals surface area contributed by atoms with Crippen molar-refractivity contribution in [1.29, 1.82) is 0 Å². The summed E-state index contributed by atoms with van der Waals surface area (Å²) in [5.41, 5.74) is 11.5. The van der Waals surface area contributed by atoms with Crippen LogP contribution in [0.4, 0.5) is 0 Å². The Morgan fingerprint density at radius 1 is 0.612 bits per heavy atom. The average molecular weight is 814 g/mol. The number of pyridine rings is 2. The Hall–Kier alpha value is -5.31. The first-order chi connectivity index (χ1) is 23.3. The van der Waals surface area contributed by atoms with Crippen molar-refractivity contribution in [2.45, 2.75) is 26.2 Å². The van der Waals surface area contributed by atoms with Gasteiger partial charge in [0.05, 0.1) is 27.6 Å². The number of hydrogen-bond donors (Lipinski definition) is 1. The molecule has 4 heterocycles. The van der Waals surface area contributed by atoms with Crippen LogP contribution in [-0.2, 0) is 26.5 Å². The molecule has 0 spiro atoms. The first-order valence-corrected chi connectivity index (χ1v) is 16.3. The van der Waals surface area contributed by atoms with E-state index >= 15 is 0 Å². The van der Waals surface area contributed by atoms with Crippen LogP contribution >= 0.6 is 0 Å². The summed E-state index contributed by atoms with van der Waals surface area (Å²) < 4.78 is 2.28. The minimum atomic E-state index is -0.109. The summed E-state index contributed by atoms with van der Waals surface area (Å²) in [6, 6.07) is 47.5. The molecule has 0 unspecified atom stereocenters. The molecule has 1 N–H and O–H groups in total. The summed E-state index contributed by atoms with van der Waals surface area (Å²) in [5.74, 6) is 0.246. The van der Waals surface area contributed by atoms with Crippen LogP contribution in [0.5, 0.6) is 5.75 Å². The Morgan fingerprint density at radius 3 is 2.02 bits per heavy atom. The maximum Gasteiger partial charge on any atom is 0.135 e. The molecule has 0 amide bonds. The number of fused-ring (bicyclic) bond motifs is 6. The van der Waals surface area contributed by atoms with Crippen LogP contribution in [-0.4, -0.2) is 19.5 Å². The predicted octanol–water partition coefficient (Wildman–Crippen LogP) is 11.1. The summed E-state index contributed by atoms with van der Waals surface area (Å²) in [6.07, 6.45) is 1.87. The van der Waals surface area contributed by atoms with Crippen molar-refractivity contribution in [1.82, 2.24) is 14.4 Å². The largest absolute Gasteiger partial charge is 0.507 e. The van der Waals surface area contributed by atoms with Gasteiger partial charge >= 0.3 is 0 Å². The molecule has 240 valence electrons. The van der Waals surface area contributed by atoms with E-state index in [9.17, 15) is 5.11 Å². The third kappa shape index (κ3) is 5.02. The van der Waals surface area contributed by atoms with Crippen LogP contribution in [0.3, 0.4) is 0 Å². The van der Waals surface area contributed by atoms with E-state index in [2.05, 4.69) is 122 Å². The molecule has 0 fully saturated rings. The molecule has 49 heavy (non-hydrogen) atoms. The van der Waals surface area contributed by atoms with Gasteiger partial charge in [-0.25, -0.2) is 0 Å². The zero-order valence-corrected chi connectivity index (χ0v) is 29.6. The van der Waals surface area contributed by atoms with Gasteiger partial charge in [-0.15, -0.1) is 23.8 Å². The molecule has 9 rings (SSSR count). The molecule has 0 saturated heterocycles. The van der Waals surface area contributed by atoms with Crippen LogP contribution in [0.2, 0.25) is 0 Å². The second-order valence-electron chi connectivity index (χ2n) is 13.6. The second kappa shape index (κ2) is 11.7. The fourth-order valence-electron chi connectivity index (χ4n) is 7.10. The van der Waals surface area contributed by atoms with E-state index in [0.717, 1.165) is 71.7 Å². The molecule has 0 aliphatic rings. The quantitative estimate of drug-likeness (QED) is 0.180. The van der Waals surface area contributed by atoms with E-state index in [-0.39, 0.29) is 32.2 Å². The van der Waals surface area contributed by atoms with Crippen molar-refractivity contribution in [3.05, 3.63) is 145 Å². The van der Waals surface area contributed by atoms with E-state index in [0.29, 0.717) is 11.3 Å². The fourth-order valence-corrected chi connectivity index (χ4v) is 7.10. The van der Waals surface area contributed by atoms with Crippen LogP contribution in [0.15, 0.2) is 134 Å². The van der Waals surface area contributed by atoms with Gasteiger partial charge in [-0.3, -0.25) is 9.97 Å². The van der Waals surface area contributed by atoms with Gasteiger partial charge < -0.3 is 9.51 Å². The summed E-state index contributed by atoms with van der Waals surface area (Å²) in [7, 11) is 0. The predicted molar refractivity (Wildman–Crippen MR) is 198 cm³/mol. The van der Waals surface area contributed by atoms with E-state index in [1.165, 1.54) is 5.56 Å². The van der Waals surface area contributed by atoms with Crippen LogP contribution in [0, 0.1) is 6.07 Å². The topological polar surface area (TPSA) is 50.4 Å². The van der Waals surface area contributed by atoms with Gasteiger partial charge in [0, 0.05) is 60.4 Å². The van der Waals surface area contributed by atoms with E-state index in [1.54, 1.807) is 0 Å². The molecule has 0 aliphatic carbocycles. The Labute approximate surface area is 299 Å². The molecule has 5 heteroatoms. The van der Waals surface area contributed by atoms with Crippen molar-refractivity contribution >= 4 is 38.1 Å². The number of hydrogen-bond acceptors (Lipinski definition) is 3. The Kier molecular flexibility index (Phi) is 7.39. The number of benzene rings is 5. The van der Waals surface area contributed by atoms with Crippen molar-refractivity contribution in [3.63, 3.8) is 0 Å². The van der Waals surface area contributed by atoms with Gasteiger partial charge in [0.2, 0.25) is 0 Å². The smallest absolute Gasteiger partial charge is 0.135 e. The van der Waals surface area contributed by atoms with Gasteiger partial charge in [0.1, 0.15) is 5.75 Å². The maximum atomic E-state index is 12.0. The van der Waals surface area contributed by atoms with Crippen molar-refractivity contribution in [2.24, 2.45) is 0 Å². The normalized spacial score (nSPS) is 11.9. The van der Waals surface area contributed by atoms with Gasteiger partial charge in [-0.05, 0) is 46.9 Å². The van der Waals surface area contributed by atoms with E-state index in [4.69, 9.17) is 9.97 Å². The molecule has 0 radical (unpaired) electrons. The SMILES string of the molecule is CC(C)(C)c1cc(-c2cc(-c3ccccc3)ccn2)[c-]c(-c2cccc(-c3cc4c5ccccc5n5c6ccccc6c(c3O)c45)n2)c1.[Pt]. The van der Waals surface area contributed by atoms with Crippen LogP contribution in [0.1, 0.15) is 26.3 Å². The minimum Gasteiger partial charge on any atom is -0.507 e. The number of para-hydroxylation sites is 2. The molecule has 4 nitrogen and oxygen atoms in total.